The standard InChI is InChI=1S/C20H25N3O5/c1-13-6-5-7-14(2)17(13)21-15(24)12-28-16(25)8-11-23-18(26)20(22-19(23)27)9-3-4-10-20/h5-7H,3-4,8-12H2,1-2H3,(H,21,24)(H,22,27). The molecule has 28 heavy (non-hydrogen) atoms. The van der Waals surface area contributed by atoms with Gasteiger partial charge in [-0.25, -0.2) is 4.79 Å². The fourth-order valence-electron chi connectivity index (χ4n) is 3.81. The molecule has 0 aromatic heterocycles. The van der Waals surface area contributed by atoms with E-state index >= 15 is 0 Å². The van der Waals surface area contributed by atoms with Crippen molar-refractivity contribution >= 4 is 29.5 Å². The third-order valence-corrected chi connectivity index (χ3v) is 5.35. The molecule has 2 aliphatic rings. The highest BCUT2D eigenvalue weighted by molar-refractivity contribution is 6.07. The van der Waals surface area contributed by atoms with Crippen LogP contribution in [0.3, 0.4) is 0 Å². The van der Waals surface area contributed by atoms with Crippen LogP contribution in [-0.2, 0) is 19.1 Å². The maximum absolute atomic E-state index is 12.5. The van der Waals surface area contributed by atoms with Gasteiger partial charge in [0.1, 0.15) is 5.54 Å². The molecule has 8 heteroatoms. The Morgan fingerprint density at radius 1 is 1.18 bits per heavy atom. The van der Waals surface area contributed by atoms with E-state index < -0.39 is 30.1 Å². The van der Waals surface area contributed by atoms with Crippen LogP contribution in [0.25, 0.3) is 0 Å². The highest BCUT2D eigenvalue weighted by Gasteiger charge is 2.52. The first-order valence-corrected chi connectivity index (χ1v) is 9.48. The number of nitrogens with zero attached hydrogens (tertiary/aromatic N) is 1. The highest BCUT2D eigenvalue weighted by atomic mass is 16.5. The number of amides is 4. The molecule has 0 atom stereocenters. The van der Waals surface area contributed by atoms with Gasteiger partial charge in [-0.3, -0.25) is 19.3 Å². The summed E-state index contributed by atoms with van der Waals surface area (Å²) in [5.74, 6) is -1.34. The molecule has 1 saturated carbocycles. The van der Waals surface area contributed by atoms with Gasteiger partial charge >= 0.3 is 12.0 Å². The number of esters is 1. The van der Waals surface area contributed by atoms with E-state index in [1.54, 1.807) is 0 Å². The third kappa shape index (κ3) is 4.00. The molecular formula is C20H25N3O5. The molecule has 4 amide bonds. The Labute approximate surface area is 163 Å². The summed E-state index contributed by atoms with van der Waals surface area (Å²) < 4.78 is 4.98. The summed E-state index contributed by atoms with van der Waals surface area (Å²) in [4.78, 5) is 49.6. The van der Waals surface area contributed by atoms with Crippen molar-refractivity contribution in [2.45, 2.75) is 51.5 Å². The SMILES string of the molecule is Cc1cccc(C)c1NC(=O)COC(=O)CCN1C(=O)NC2(CCCC2)C1=O. The van der Waals surface area contributed by atoms with Gasteiger partial charge in [-0.2, -0.15) is 0 Å². The maximum Gasteiger partial charge on any atom is 0.325 e. The quantitative estimate of drug-likeness (QED) is 0.574. The van der Waals surface area contributed by atoms with E-state index in [2.05, 4.69) is 10.6 Å². The van der Waals surface area contributed by atoms with Crippen molar-refractivity contribution in [1.82, 2.24) is 10.2 Å². The van der Waals surface area contributed by atoms with Crippen molar-refractivity contribution < 1.29 is 23.9 Å². The summed E-state index contributed by atoms with van der Waals surface area (Å²) in [6, 6.07) is 5.19. The van der Waals surface area contributed by atoms with Gasteiger partial charge in [-0.15, -0.1) is 0 Å². The number of para-hydroxylation sites is 1. The maximum atomic E-state index is 12.5. The molecule has 1 aliphatic carbocycles. The Bertz CT molecular complexity index is 794. The van der Waals surface area contributed by atoms with Crippen LogP contribution in [0.1, 0.15) is 43.2 Å². The van der Waals surface area contributed by atoms with Crippen LogP contribution in [0.15, 0.2) is 18.2 Å². The van der Waals surface area contributed by atoms with E-state index in [9.17, 15) is 19.2 Å². The summed E-state index contributed by atoms with van der Waals surface area (Å²) in [5, 5.41) is 5.50. The molecule has 1 aromatic carbocycles. The summed E-state index contributed by atoms with van der Waals surface area (Å²) in [6.07, 6.45) is 2.93. The highest BCUT2D eigenvalue weighted by Crippen LogP contribution is 2.35. The van der Waals surface area contributed by atoms with Crippen molar-refractivity contribution in [3.8, 4) is 0 Å². The Kier molecular flexibility index (Phi) is 5.67. The lowest BCUT2D eigenvalue weighted by atomic mass is 9.98. The van der Waals surface area contributed by atoms with E-state index in [1.807, 2.05) is 32.0 Å². The molecule has 150 valence electrons. The topological polar surface area (TPSA) is 105 Å². The zero-order valence-electron chi connectivity index (χ0n) is 16.2. The van der Waals surface area contributed by atoms with Crippen LogP contribution < -0.4 is 10.6 Å². The predicted molar refractivity (Wildman–Crippen MR) is 102 cm³/mol. The number of aryl methyl sites for hydroxylation is 2. The number of carbonyl (C=O) groups is 4. The van der Waals surface area contributed by atoms with Crippen LogP contribution >= 0.6 is 0 Å². The molecule has 0 unspecified atom stereocenters. The van der Waals surface area contributed by atoms with E-state index in [-0.39, 0.29) is 18.9 Å². The molecule has 8 nitrogen and oxygen atoms in total. The van der Waals surface area contributed by atoms with E-state index in [4.69, 9.17) is 4.74 Å². The second-order valence-electron chi connectivity index (χ2n) is 7.40. The largest absolute Gasteiger partial charge is 0.456 e. The van der Waals surface area contributed by atoms with Gasteiger partial charge in [0, 0.05) is 12.2 Å². The number of imide groups is 1. The molecule has 1 saturated heterocycles. The lowest BCUT2D eigenvalue weighted by Crippen LogP contribution is -2.44. The van der Waals surface area contributed by atoms with Gasteiger partial charge < -0.3 is 15.4 Å². The number of hydrogen-bond acceptors (Lipinski definition) is 5. The van der Waals surface area contributed by atoms with E-state index in [1.165, 1.54) is 0 Å². The zero-order valence-corrected chi connectivity index (χ0v) is 16.2. The number of hydrogen-bond donors (Lipinski definition) is 2. The van der Waals surface area contributed by atoms with Crippen LogP contribution in [0.2, 0.25) is 0 Å². The predicted octanol–water partition coefficient (Wildman–Crippen LogP) is 2.04. The molecule has 1 heterocycles. The van der Waals surface area contributed by atoms with Crippen molar-refractivity contribution in [2.75, 3.05) is 18.5 Å². The van der Waals surface area contributed by atoms with Crippen LogP contribution in [0.5, 0.6) is 0 Å². The first-order chi connectivity index (χ1) is 13.3. The van der Waals surface area contributed by atoms with E-state index in [0.717, 1.165) is 28.9 Å². The number of carbonyl (C=O) groups excluding carboxylic acids is 4. The molecule has 3 rings (SSSR count). The van der Waals surface area contributed by atoms with Crippen molar-refractivity contribution in [3.05, 3.63) is 29.3 Å². The number of urea groups is 1. The summed E-state index contributed by atoms with van der Waals surface area (Å²) in [7, 11) is 0. The summed E-state index contributed by atoms with van der Waals surface area (Å²) in [5.41, 5.74) is 1.75. The van der Waals surface area contributed by atoms with Crippen molar-refractivity contribution in [3.63, 3.8) is 0 Å². The molecule has 0 bridgehead atoms. The normalized spacial score (nSPS) is 17.7. The summed E-state index contributed by atoms with van der Waals surface area (Å²) in [6.45, 7) is 3.29. The number of ether oxygens (including phenoxy) is 1. The summed E-state index contributed by atoms with van der Waals surface area (Å²) >= 11 is 0. The number of nitrogens with one attached hydrogen (secondary N) is 2. The van der Waals surface area contributed by atoms with Gasteiger partial charge in [0.2, 0.25) is 0 Å². The van der Waals surface area contributed by atoms with Crippen LogP contribution in [0.4, 0.5) is 10.5 Å². The zero-order chi connectivity index (χ0) is 20.3. The third-order valence-electron chi connectivity index (χ3n) is 5.35. The first-order valence-electron chi connectivity index (χ1n) is 9.48. The Morgan fingerprint density at radius 3 is 2.46 bits per heavy atom. The van der Waals surface area contributed by atoms with E-state index in [0.29, 0.717) is 18.5 Å². The minimum Gasteiger partial charge on any atom is -0.456 e. The minimum atomic E-state index is -0.785. The number of rotatable bonds is 6. The Balaban J connectivity index is 1.45. The van der Waals surface area contributed by atoms with Gasteiger partial charge in [-0.05, 0) is 37.8 Å². The number of anilines is 1. The van der Waals surface area contributed by atoms with Crippen LogP contribution in [-0.4, -0.2) is 47.4 Å². The molecule has 1 spiro atoms. The average Bonchev–Trinajstić information content (AvgIpc) is 3.21. The van der Waals surface area contributed by atoms with Crippen molar-refractivity contribution in [2.24, 2.45) is 0 Å². The second kappa shape index (κ2) is 8.00. The first kappa shape index (κ1) is 19.9. The Hall–Kier alpha value is -2.90. The average molecular weight is 387 g/mol. The second-order valence-corrected chi connectivity index (χ2v) is 7.40. The van der Waals surface area contributed by atoms with Crippen molar-refractivity contribution in [1.29, 1.82) is 0 Å². The molecule has 1 aromatic rings. The lowest BCUT2D eigenvalue weighted by Gasteiger charge is -2.19. The van der Waals surface area contributed by atoms with Crippen LogP contribution in [0, 0.1) is 13.8 Å². The molecule has 2 fully saturated rings. The fraction of sp³-hybridized carbons (Fsp3) is 0.500. The molecule has 2 N–H and O–H groups in total. The molecule has 1 aliphatic heterocycles. The Morgan fingerprint density at radius 2 is 1.82 bits per heavy atom. The van der Waals surface area contributed by atoms with Gasteiger partial charge in [0.25, 0.3) is 11.8 Å². The fourth-order valence-corrected chi connectivity index (χ4v) is 3.81. The van der Waals surface area contributed by atoms with Gasteiger partial charge in [0.15, 0.2) is 6.61 Å². The van der Waals surface area contributed by atoms with Gasteiger partial charge in [-0.1, -0.05) is 31.0 Å². The number of benzene rings is 1. The smallest absolute Gasteiger partial charge is 0.325 e. The lowest BCUT2D eigenvalue weighted by molar-refractivity contribution is -0.147. The molecular weight excluding hydrogens is 362 g/mol. The molecule has 0 radical (unpaired) electrons. The monoisotopic (exact) mass is 387 g/mol. The minimum absolute atomic E-state index is 0.0518. The van der Waals surface area contributed by atoms with Gasteiger partial charge in [0.05, 0.1) is 6.42 Å².